The maximum atomic E-state index is 12.7. The highest BCUT2D eigenvalue weighted by Gasteiger charge is 2.13. The minimum Gasteiger partial charge on any atom is -0.497 e. The molecule has 2 N–H and O–H groups in total. The molecule has 6 nitrogen and oxygen atoms in total. The molecular weight excluding hydrogens is 411 g/mol. The third-order valence-corrected chi connectivity index (χ3v) is 5.52. The molecule has 0 saturated heterocycles. The normalized spacial score (nSPS) is 11.0. The second-order valence-electron chi connectivity index (χ2n) is 6.54. The highest BCUT2D eigenvalue weighted by atomic mass is 35.5. The lowest BCUT2D eigenvalue weighted by atomic mass is 10.1. The van der Waals surface area contributed by atoms with Crippen molar-refractivity contribution in [3.8, 4) is 5.75 Å². The van der Waals surface area contributed by atoms with Crippen LogP contribution in [0.25, 0.3) is 10.9 Å². The van der Waals surface area contributed by atoms with E-state index in [1.807, 2.05) is 36.5 Å². The third kappa shape index (κ3) is 4.09. The summed E-state index contributed by atoms with van der Waals surface area (Å²) in [7, 11) is 1.62. The van der Waals surface area contributed by atoms with Crippen molar-refractivity contribution in [1.82, 2.24) is 14.8 Å². The van der Waals surface area contributed by atoms with Crippen molar-refractivity contribution >= 4 is 45.8 Å². The number of rotatable bonds is 6. The number of aromatic amines is 1. The van der Waals surface area contributed by atoms with Crippen LogP contribution in [0.2, 0.25) is 10.0 Å². The number of halogens is 2. The number of hydrogen-bond acceptors (Lipinski definition) is 3. The monoisotopic (exact) mass is 428 g/mol. The zero-order valence-corrected chi connectivity index (χ0v) is 17.1. The van der Waals surface area contributed by atoms with Crippen LogP contribution in [-0.4, -0.2) is 27.8 Å². The van der Waals surface area contributed by atoms with Gasteiger partial charge < -0.3 is 15.0 Å². The van der Waals surface area contributed by atoms with Crippen LogP contribution in [0.4, 0.5) is 5.82 Å². The van der Waals surface area contributed by atoms with E-state index in [4.69, 9.17) is 27.9 Å². The van der Waals surface area contributed by atoms with Crippen molar-refractivity contribution in [2.75, 3.05) is 12.4 Å². The first kappa shape index (κ1) is 19.4. The van der Waals surface area contributed by atoms with E-state index in [1.54, 1.807) is 30.1 Å². The summed E-state index contributed by atoms with van der Waals surface area (Å²) in [6, 6.07) is 12.9. The Morgan fingerprint density at radius 2 is 2.07 bits per heavy atom. The fourth-order valence-corrected chi connectivity index (χ4v) is 3.57. The summed E-state index contributed by atoms with van der Waals surface area (Å²) in [4.78, 5) is 15.8. The van der Waals surface area contributed by atoms with Gasteiger partial charge in [-0.05, 0) is 35.4 Å². The Balaban J connectivity index is 1.50. The zero-order chi connectivity index (χ0) is 20.4. The Kier molecular flexibility index (Phi) is 5.47. The number of hydrogen-bond donors (Lipinski definition) is 2. The quantitative estimate of drug-likeness (QED) is 0.458. The summed E-state index contributed by atoms with van der Waals surface area (Å²) in [5.41, 5.74) is 2.66. The van der Waals surface area contributed by atoms with Gasteiger partial charge in [0.05, 0.1) is 36.3 Å². The van der Waals surface area contributed by atoms with E-state index >= 15 is 0 Å². The highest BCUT2D eigenvalue weighted by molar-refractivity contribution is 6.42. The Bertz CT molecular complexity index is 1180. The molecule has 2 aromatic heterocycles. The Hall–Kier alpha value is -2.96. The van der Waals surface area contributed by atoms with Gasteiger partial charge in [-0.3, -0.25) is 4.79 Å². The third-order valence-electron chi connectivity index (χ3n) is 4.66. The zero-order valence-electron chi connectivity index (χ0n) is 15.6. The molecule has 0 bridgehead atoms. The van der Waals surface area contributed by atoms with Crippen LogP contribution < -0.4 is 10.1 Å². The molecule has 0 unspecified atom stereocenters. The summed E-state index contributed by atoms with van der Waals surface area (Å²) in [6.45, 7) is 0.395. The van der Waals surface area contributed by atoms with Crippen LogP contribution in [-0.2, 0) is 17.8 Å². The molecule has 0 saturated carbocycles. The molecule has 29 heavy (non-hydrogen) atoms. The number of carbonyl (C=O) groups excluding carboxylic acids is 1. The maximum absolute atomic E-state index is 12.7. The van der Waals surface area contributed by atoms with Crippen LogP contribution >= 0.6 is 23.2 Å². The second kappa shape index (κ2) is 8.19. The largest absolute Gasteiger partial charge is 0.497 e. The lowest BCUT2D eigenvalue weighted by molar-refractivity contribution is -0.115. The number of amides is 1. The van der Waals surface area contributed by atoms with Gasteiger partial charge in [-0.15, -0.1) is 0 Å². The minimum absolute atomic E-state index is 0.146. The fourth-order valence-electron chi connectivity index (χ4n) is 3.19. The Morgan fingerprint density at radius 1 is 1.21 bits per heavy atom. The van der Waals surface area contributed by atoms with Gasteiger partial charge in [-0.25, -0.2) is 4.68 Å². The fraction of sp³-hybridized carbons (Fsp3) is 0.143. The van der Waals surface area contributed by atoms with Crippen molar-refractivity contribution < 1.29 is 9.53 Å². The van der Waals surface area contributed by atoms with E-state index in [2.05, 4.69) is 15.4 Å². The number of H-pyrrole nitrogens is 1. The molecule has 0 atom stereocenters. The summed E-state index contributed by atoms with van der Waals surface area (Å²) in [5.74, 6) is 1.19. The van der Waals surface area contributed by atoms with Crippen LogP contribution in [0.3, 0.4) is 0 Å². The minimum atomic E-state index is -0.146. The molecule has 2 heterocycles. The number of carbonyl (C=O) groups is 1. The SMILES string of the molecule is COc1ccc2[nH]cc(CC(=O)Nc3ccnn3Cc3cccc(Cl)c3Cl)c2c1. The van der Waals surface area contributed by atoms with E-state index in [0.29, 0.717) is 22.4 Å². The van der Waals surface area contributed by atoms with Gasteiger partial charge >= 0.3 is 0 Å². The van der Waals surface area contributed by atoms with Crippen LogP contribution in [0.1, 0.15) is 11.1 Å². The lowest BCUT2D eigenvalue weighted by Gasteiger charge is -2.11. The van der Waals surface area contributed by atoms with Gasteiger partial charge in [0.1, 0.15) is 11.6 Å². The van der Waals surface area contributed by atoms with E-state index in [1.165, 1.54) is 0 Å². The van der Waals surface area contributed by atoms with E-state index < -0.39 is 0 Å². The number of fused-ring (bicyclic) bond motifs is 1. The predicted molar refractivity (Wildman–Crippen MR) is 115 cm³/mol. The molecule has 4 aromatic rings. The molecule has 0 aliphatic rings. The van der Waals surface area contributed by atoms with E-state index in [0.717, 1.165) is 27.8 Å². The summed E-state index contributed by atoms with van der Waals surface area (Å²) in [6.07, 6.45) is 3.69. The molecule has 148 valence electrons. The van der Waals surface area contributed by atoms with Crippen molar-refractivity contribution in [2.24, 2.45) is 0 Å². The molecule has 0 fully saturated rings. The highest BCUT2D eigenvalue weighted by Crippen LogP contribution is 2.27. The average Bonchev–Trinajstić information content (AvgIpc) is 3.32. The standard InChI is InChI=1S/C21H18Cl2N4O2/c1-29-15-5-6-18-16(10-15)14(11-24-18)9-20(28)26-19-7-8-25-27(19)12-13-3-2-4-17(22)21(13)23/h2-8,10-11,24H,9,12H2,1H3,(H,26,28). The number of methoxy groups -OCH3 is 1. The molecule has 2 aromatic carbocycles. The number of nitrogens with one attached hydrogen (secondary N) is 2. The van der Waals surface area contributed by atoms with Crippen molar-refractivity contribution in [3.63, 3.8) is 0 Å². The summed E-state index contributed by atoms with van der Waals surface area (Å²) in [5, 5.41) is 9.12. The van der Waals surface area contributed by atoms with Gasteiger partial charge in [-0.1, -0.05) is 35.3 Å². The predicted octanol–water partition coefficient (Wildman–Crippen LogP) is 4.91. The van der Waals surface area contributed by atoms with Gasteiger partial charge in [0.25, 0.3) is 0 Å². The molecule has 0 aliphatic carbocycles. The smallest absolute Gasteiger partial charge is 0.230 e. The molecular formula is C21H18Cl2N4O2. The summed E-state index contributed by atoms with van der Waals surface area (Å²) >= 11 is 12.4. The Labute approximate surface area is 177 Å². The first-order valence-electron chi connectivity index (χ1n) is 8.93. The number of aromatic nitrogens is 3. The first-order valence-corrected chi connectivity index (χ1v) is 9.69. The number of nitrogens with zero attached hydrogens (tertiary/aromatic N) is 2. The second-order valence-corrected chi connectivity index (χ2v) is 7.32. The van der Waals surface area contributed by atoms with Crippen LogP contribution in [0.5, 0.6) is 5.75 Å². The van der Waals surface area contributed by atoms with Gasteiger partial charge in [0, 0.05) is 23.2 Å². The van der Waals surface area contributed by atoms with Crippen molar-refractivity contribution in [3.05, 3.63) is 76.0 Å². The van der Waals surface area contributed by atoms with E-state index in [-0.39, 0.29) is 12.3 Å². The van der Waals surface area contributed by atoms with Gasteiger partial charge in [-0.2, -0.15) is 5.10 Å². The average molecular weight is 429 g/mol. The molecule has 0 aliphatic heterocycles. The van der Waals surface area contributed by atoms with Gasteiger partial charge in [0.15, 0.2) is 0 Å². The Morgan fingerprint density at radius 3 is 2.90 bits per heavy atom. The molecule has 1 amide bonds. The number of ether oxygens (including phenoxy) is 1. The maximum Gasteiger partial charge on any atom is 0.230 e. The van der Waals surface area contributed by atoms with Crippen molar-refractivity contribution in [2.45, 2.75) is 13.0 Å². The lowest BCUT2D eigenvalue weighted by Crippen LogP contribution is -2.18. The molecule has 0 spiro atoms. The molecule has 4 rings (SSSR count). The summed E-state index contributed by atoms with van der Waals surface area (Å²) < 4.78 is 6.96. The number of benzene rings is 2. The van der Waals surface area contributed by atoms with Crippen LogP contribution in [0.15, 0.2) is 54.9 Å². The van der Waals surface area contributed by atoms with Crippen LogP contribution in [0, 0.1) is 0 Å². The first-order chi connectivity index (χ1) is 14.0. The molecule has 8 heteroatoms. The van der Waals surface area contributed by atoms with E-state index in [9.17, 15) is 4.79 Å². The van der Waals surface area contributed by atoms with Gasteiger partial charge in [0.2, 0.25) is 5.91 Å². The number of anilines is 1. The van der Waals surface area contributed by atoms with Crippen molar-refractivity contribution in [1.29, 1.82) is 0 Å². The molecule has 0 radical (unpaired) electrons. The topological polar surface area (TPSA) is 71.9 Å².